The molecule has 5 heterocycles. The molecule has 2 amide bonds. The molecule has 4 aromatic heterocycles. The van der Waals surface area contributed by atoms with Gasteiger partial charge in [-0.15, -0.1) is 11.3 Å². The minimum absolute atomic E-state index is 0.248. The van der Waals surface area contributed by atoms with Gasteiger partial charge in [-0.25, -0.2) is 14.8 Å². The van der Waals surface area contributed by atoms with Gasteiger partial charge in [0, 0.05) is 36.7 Å². The predicted molar refractivity (Wildman–Crippen MR) is 133 cm³/mol. The molecule has 0 unspecified atom stereocenters. The van der Waals surface area contributed by atoms with Crippen LogP contribution in [-0.4, -0.2) is 57.4 Å². The maximum Gasteiger partial charge on any atom is 0.326 e. The Morgan fingerprint density at radius 3 is 2.74 bits per heavy atom. The molecule has 176 valence electrons. The molecule has 1 fully saturated rings. The number of urea groups is 1. The number of nitrogens with zero attached hydrogens (tertiary/aromatic N) is 5. The lowest BCUT2D eigenvalue weighted by atomic mass is 10.1. The average Bonchev–Trinajstić information content (AvgIpc) is 3.65. The molecule has 0 bridgehead atoms. The number of aromatic amines is 1. The van der Waals surface area contributed by atoms with Gasteiger partial charge in [-0.1, -0.05) is 17.3 Å². The first-order valence-electron chi connectivity index (χ1n) is 10.9. The van der Waals surface area contributed by atoms with Gasteiger partial charge in [0.15, 0.2) is 0 Å². The zero-order valence-electron chi connectivity index (χ0n) is 18.4. The van der Waals surface area contributed by atoms with Crippen molar-refractivity contribution in [3.63, 3.8) is 0 Å². The standard InChI is InChI=1S/C23H20N8O3S/c32-23(29-20-10-18(30-34-20)19-11-24-13-35-19)27-15-3-1-14(2-4-15)17-9-16-21(28-17)25-12-26-22(16)31-5-7-33-8-6-31/h1-4,9-13H,5-8H2,(H,25,26,28)(H2,27,29,32). The summed E-state index contributed by atoms with van der Waals surface area (Å²) in [6.07, 6.45) is 3.27. The fourth-order valence-electron chi connectivity index (χ4n) is 3.91. The second kappa shape index (κ2) is 9.16. The van der Waals surface area contributed by atoms with E-state index in [4.69, 9.17) is 9.26 Å². The maximum atomic E-state index is 12.4. The molecular weight excluding hydrogens is 468 g/mol. The van der Waals surface area contributed by atoms with Crippen molar-refractivity contribution in [1.82, 2.24) is 25.1 Å². The third-order valence-electron chi connectivity index (χ3n) is 5.60. The summed E-state index contributed by atoms with van der Waals surface area (Å²) in [4.78, 5) is 31.7. The SMILES string of the molecule is O=C(Nc1ccc(-c2cc3c(N4CCOCC4)ncnc3[nH]2)cc1)Nc1cc(-c2cncs2)no1. The Balaban J connectivity index is 1.14. The van der Waals surface area contributed by atoms with Crippen LogP contribution in [0.25, 0.3) is 32.9 Å². The van der Waals surface area contributed by atoms with E-state index in [1.54, 1.807) is 24.1 Å². The van der Waals surface area contributed by atoms with E-state index in [-0.39, 0.29) is 5.88 Å². The Labute approximate surface area is 203 Å². The number of morpholine rings is 1. The van der Waals surface area contributed by atoms with Crippen LogP contribution in [0, 0.1) is 0 Å². The predicted octanol–water partition coefficient (Wildman–Crippen LogP) is 4.22. The van der Waals surface area contributed by atoms with Crippen LogP contribution >= 0.6 is 11.3 Å². The van der Waals surface area contributed by atoms with Crippen LogP contribution in [0.5, 0.6) is 0 Å². The summed E-state index contributed by atoms with van der Waals surface area (Å²) < 4.78 is 10.6. The first kappa shape index (κ1) is 21.3. The molecule has 6 rings (SSSR count). The van der Waals surface area contributed by atoms with Crippen molar-refractivity contribution >= 4 is 45.8 Å². The number of amides is 2. The Morgan fingerprint density at radius 1 is 1.09 bits per heavy atom. The third kappa shape index (κ3) is 4.44. The van der Waals surface area contributed by atoms with Crippen molar-refractivity contribution in [2.24, 2.45) is 0 Å². The number of thiazole rings is 1. The van der Waals surface area contributed by atoms with E-state index in [0.717, 1.165) is 46.1 Å². The molecule has 0 aliphatic carbocycles. The third-order valence-corrected chi connectivity index (χ3v) is 6.40. The smallest absolute Gasteiger partial charge is 0.326 e. The molecule has 0 atom stereocenters. The van der Waals surface area contributed by atoms with E-state index in [9.17, 15) is 4.79 Å². The summed E-state index contributed by atoms with van der Waals surface area (Å²) in [6, 6.07) is 10.8. The second-order valence-corrected chi connectivity index (χ2v) is 8.73. The van der Waals surface area contributed by atoms with Crippen LogP contribution in [0.3, 0.4) is 0 Å². The molecule has 0 spiro atoms. The number of fused-ring (bicyclic) bond motifs is 1. The van der Waals surface area contributed by atoms with Gasteiger partial charge < -0.3 is 24.5 Å². The zero-order valence-corrected chi connectivity index (χ0v) is 19.2. The van der Waals surface area contributed by atoms with Crippen molar-refractivity contribution < 1.29 is 14.1 Å². The van der Waals surface area contributed by atoms with E-state index in [2.05, 4.69) is 46.7 Å². The lowest BCUT2D eigenvalue weighted by Gasteiger charge is -2.27. The zero-order chi connectivity index (χ0) is 23.6. The number of H-pyrrole nitrogens is 1. The summed E-state index contributed by atoms with van der Waals surface area (Å²) >= 11 is 1.44. The van der Waals surface area contributed by atoms with Gasteiger partial charge in [-0.05, 0) is 23.8 Å². The van der Waals surface area contributed by atoms with Gasteiger partial charge in [0.1, 0.15) is 23.5 Å². The highest BCUT2D eigenvalue weighted by molar-refractivity contribution is 7.13. The van der Waals surface area contributed by atoms with Crippen LogP contribution in [0.2, 0.25) is 0 Å². The largest absolute Gasteiger partial charge is 0.378 e. The van der Waals surface area contributed by atoms with Crippen molar-refractivity contribution in [3.8, 4) is 21.8 Å². The van der Waals surface area contributed by atoms with E-state index in [1.165, 1.54) is 11.3 Å². The summed E-state index contributed by atoms with van der Waals surface area (Å²) in [5.74, 6) is 1.15. The normalized spacial score (nSPS) is 13.8. The van der Waals surface area contributed by atoms with E-state index < -0.39 is 6.03 Å². The summed E-state index contributed by atoms with van der Waals surface area (Å²) in [7, 11) is 0. The molecule has 12 heteroatoms. The molecule has 0 saturated carbocycles. The first-order chi connectivity index (χ1) is 17.2. The van der Waals surface area contributed by atoms with Gasteiger partial charge in [-0.3, -0.25) is 10.3 Å². The van der Waals surface area contributed by atoms with Crippen LogP contribution in [0.1, 0.15) is 0 Å². The van der Waals surface area contributed by atoms with Crippen LogP contribution < -0.4 is 15.5 Å². The number of nitrogens with one attached hydrogen (secondary N) is 3. The fourth-order valence-corrected chi connectivity index (χ4v) is 4.48. The van der Waals surface area contributed by atoms with Crippen molar-refractivity contribution in [3.05, 3.63) is 54.4 Å². The van der Waals surface area contributed by atoms with Crippen LogP contribution in [-0.2, 0) is 4.74 Å². The number of aromatic nitrogens is 5. The van der Waals surface area contributed by atoms with Gasteiger partial charge >= 0.3 is 6.03 Å². The van der Waals surface area contributed by atoms with Crippen LogP contribution in [0.15, 0.2) is 59.0 Å². The molecular formula is C23H20N8O3S. The number of benzene rings is 1. The Morgan fingerprint density at radius 2 is 1.94 bits per heavy atom. The molecule has 35 heavy (non-hydrogen) atoms. The molecule has 1 aliphatic heterocycles. The summed E-state index contributed by atoms with van der Waals surface area (Å²) in [5.41, 5.74) is 5.63. The fraction of sp³-hybridized carbons (Fsp3) is 0.174. The first-order valence-corrected chi connectivity index (χ1v) is 11.8. The molecule has 11 nitrogen and oxygen atoms in total. The molecule has 1 saturated heterocycles. The highest BCUT2D eigenvalue weighted by Gasteiger charge is 2.18. The molecule has 1 aliphatic rings. The summed E-state index contributed by atoms with van der Waals surface area (Å²) in [6.45, 7) is 2.98. The number of hydrogen-bond donors (Lipinski definition) is 3. The molecule has 0 radical (unpaired) electrons. The molecule has 3 N–H and O–H groups in total. The number of carbonyl (C=O) groups is 1. The van der Waals surface area contributed by atoms with E-state index >= 15 is 0 Å². The number of ether oxygens (including phenoxy) is 1. The molecule has 5 aromatic rings. The maximum absolute atomic E-state index is 12.4. The number of hydrogen-bond acceptors (Lipinski definition) is 9. The monoisotopic (exact) mass is 488 g/mol. The second-order valence-electron chi connectivity index (χ2n) is 7.84. The lowest BCUT2D eigenvalue weighted by Crippen LogP contribution is -2.36. The number of anilines is 3. The Kier molecular flexibility index (Phi) is 5.56. The highest BCUT2D eigenvalue weighted by atomic mass is 32.1. The highest BCUT2D eigenvalue weighted by Crippen LogP contribution is 2.30. The van der Waals surface area contributed by atoms with Crippen LogP contribution in [0.4, 0.5) is 22.2 Å². The molecule has 1 aromatic carbocycles. The van der Waals surface area contributed by atoms with Gasteiger partial charge in [0.05, 0.1) is 29.0 Å². The Bertz CT molecular complexity index is 1460. The van der Waals surface area contributed by atoms with E-state index in [0.29, 0.717) is 24.6 Å². The van der Waals surface area contributed by atoms with Gasteiger partial charge in [0.25, 0.3) is 0 Å². The van der Waals surface area contributed by atoms with E-state index in [1.807, 2.05) is 24.3 Å². The van der Waals surface area contributed by atoms with Crippen molar-refractivity contribution in [2.75, 3.05) is 41.8 Å². The van der Waals surface area contributed by atoms with Crippen molar-refractivity contribution in [2.45, 2.75) is 0 Å². The minimum Gasteiger partial charge on any atom is -0.378 e. The van der Waals surface area contributed by atoms with Gasteiger partial charge in [0.2, 0.25) is 5.88 Å². The summed E-state index contributed by atoms with van der Waals surface area (Å²) in [5, 5.41) is 10.4. The number of rotatable bonds is 5. The topological polar surface area (TPSA) is 134 Å². The minimum atomic E-state index is -0.430. The lowest BCUT2D eigenvalue weighted by molar-refractivity contribution is 0.122. The number of carbonyl (C=O) groups excluding carboxylic acids is 1. The average molecular weight is 489 g/mol. The van der Waals surface area contributed by atoms with Gasteiger partial charge in [-0.2, -0.15) is 0 Å². The Hall–Kier alpha value is -4.29. The van der Waals surface area contributed by atoms with Crippen molar-refractivity contribution in [1.29, 1.82) is 0 Å². The quantitative estimate of drug-likeness (QED) is 0.335.